The number of hydrogen-bond acceptors (Lipinski definition) is 5. The average molecular weight is 478 g/mol. The van der Waals surface area contributed by atoms with E-state index < -0.39 is 35.4 Å². The van der Waals surface area contributed by atoms with Crippen molar-refractivity contribution >= 4 is 23.0 Å². The van der Waals surface area contributed by atoms with Crippen molar-refractivity contribution in [3.63, 3.8) is 0 Å². The van der Waals surface area contributed by atoms with Crippen LogP contribution in [0.4, 0.5) is 4.39 Å². The van der Waals surface area contributed by atoms with Gasteiger partial charge >= 0.3 is 5.69 Å². The lowest BCUT2D eigenvalue weighted by atomic mass is 10.1. The Bertz CT molecular complexity index is 1510. The second-order valence-corrected chi connectivity index (χ2v) is 7.81. The lowest BCUT2D eigenvalue weighted by Gasteiger charge is -2.13. The first-order valence-corrected chi connectivity index (χ1v) is 10.9. The molecule has 2 N–H and O–H groups in total. The van der Waals surface area contributed by atoms with Gasteiger partial charge in [0.25, 0.3) is 11.5 Å². The molecule has 0 atom stereocenters. The highest BCUT2D eigenvalue weighted by atomic mass is 19.1. The maximum absolute atomic E-state index is 13.7. The third-order valence-electron chi connectivity index (χ3n) is 5.46. The molecule has 2 heterocycles. The van der Waals surface area contributed by atoms with Gasteiger partial charge in [0.2, 0.25) is 5.91 Å². The number of hydrogen-bond donors (Lipinski definition) is 2. The SMILES string of the molecule is CCn1cnc2c1c(=O)n(CC(=O)NNC(=O)Cc1ccccc1F)c(=O)n2Cc1ccccc1. The van der Waals surface area contributed by atoms with Gasteiger partial charge in [-0.05, 0) is 24.1 Å². The molecule has 4 aromatic rings. The molecule has 0 unspecified atom stereocenters. The minimum atomic E-state index is -0.792. The molecule has 0 aliphatic heterocycles. The number of hydrazine groups is 1. The van der Waals surface area contributed by atoms with Crippen molar-refractivity contribution in [2.45, 2.75) is 33.0 Å². The Balaban J connectivity index is 1.58. The molecule has 0 fully saturated rings. The maximum atomic E-state index is 13.7. The number of nitrogens with zero attached hydrogens (tertiary/aromatic N) is 4. The first-order valence-electron chi connectivity index (χ1n) is 10.9. The number of benzene rings is 2. The highest BCUT2D eigenvalue weighted by molar-refractivity contribution is 5.83. The van der Waals surface area contributed by atoms with Gasteiger partial charge in [0, 0.05) is 6.54 Å². The monoisotopic (exact) mass is 478 g/mol. The summed E-state index contributed by atoms with van der Waals surface area (Å²) in [6, 6.07) is 15.0. The number of nitrogens with one attached hydrogen (secondary N) is 2. The summed E-state index contributed by atoms with van der Waals surface area (Å²) in [5, 5.41) is 0. The topological polar surface area (TPSA) is 120 Å². The van der Waals surface area contributed by atoms with Gasteiger partial charge in [0.05, 0.1) is 19.3 Å². The van der Waals surface area contributed by atoms with Gasteiger partial charge in [0.1, 0.15) is 12.4 Å². The minimum Gasteiger partial charge on any atom is -0.325 e. The van der Waals surface area contributed by atoms with E-state index in [9.17, 15) is 23.6 Å². The van der Waals surface area contributed by atoms with Crippen molar-refractivity contribution in [3.05, 3.63) is 98.7 Å². The fourth-order valence-corrected chi connectivity index (χ4v) is 3.71. The summed E-state index contributed by atoms with van der Waals surface area (Å²) in [6.45, 7) is 1.79. The molecule has 0 radical (unpaired) electrons. The van der Waals surface area contributed by atoms with Crippen molar-refractivity contribution in [2.75, 3.05) is 0 Å². The zero-order chi connectivity index (χ0) is 24.9. The Hall–Kier alpha value is -4.54. The molecule has 0 aliphatic carbocycles. The summed E-state index contributed by atoms with van der Waals surface area (Å²) < 4.78 is 17.5. The predicted octanol–water partition coefficient (Wildman–Crippen LogP) is 0.957. The zero-order valence-corrected chi connectivity index (χ0v) is 18.9. The van der Waals surface area contributed by atoms with Crippen LogP contribution in [0.3, 0.4) is 0 Å². The summed E-state index contributed by atoms with van der Waals surface area (Å²) in [5.41, 5.74) is 4.38. The number of halogens is 1. The van der Waals surface area contributed by atoms with E-state index in [2.05, 4.69) is 15.8 Å². The van der Waals surface area contributed by atoms with Gasteiger partial charge in [-0.25, -0.2) is 18.7 Å². The Morgan fingerprint density at radius 3 is 2.34 bits per heavy atom. The molecule has 0 saturated carbocycles. The van der Waals surface area contributed by atoms with Crippen molar-refractivity contribution < 1.29 is 14.0 Å². The lowest BCUT2D eigenvalue weighted by molar-refractivity contribution is -0.129. The number of carbonyl (C=O) groups is 2. The summed E-state index contributed by atoms with van der Waals surface area (Å²) in [4.78, 5) is 55.2. The van der Waals surface area contributed by atoms with E-state index in [1.807, 2.05) is 37.3 Å². The van der Waals surface area contributed by atoms with Crippen LogP contribution in [0.15, 0.2) is 70.5 Å². The fourth-order valence-electron chi connectivity index (χ4n) is 3.71. The van der Waals surface area contributed by atoms with E-state index in [4.69, 9.17) is 0 Å². The van der Waals surface area contributed by atoms with E-state index in [0.717, 1.165) is 10.1 Å². The van der Waals surface area contributed by atoms with Crippen LogP contribution in [0.1, 0.15) is 18.1 Å². The second-order valence-electron chi connectivity index (χ2n) is 7.81. The highest BCUT2D eigenvalue weighted by Gasteiger charge is 2.20. The van der Waals surface area contributed by atoms with Gasteiger partial charge in [-0.15, -0.1) is 0 Å². The number of rotatable bonds is 7. The summed E-state index contributed by atoms with van der Waals surface area (Å²) in [7, 11) is 0. The van der Waals surface area contributed by atoms with Gasteiger partial charge < -0.3 is 4.57 Å². The van der Waals surface area contributed by atoms with E-state index in [1.54, 1.807) is 10.6 Å². The summed E-state index contributed by atoms with van der Waals surface area (Å²) >= 11 is 0. The number of amides is 2. The largest absolute Gasteiger partial charge is 0.333 e. The number of aryl methyl sites for hydroxylation is 1. The van der Waals surface area contributed by atoms with Gasteiger partial charge in [-0.1, -0.05) is 48.5 Å². The molecule has 2 amide bonds. The Labute approximate surface area is 198 Å². The average Bonchev–Trinajstić information content (AvgIpc) is 3.29. The molecule has 0 saturated heterocycles. The molecule has 2 aromatic carbocycles. The standard InChI is InChI=1S/C24H23FN6O4/c1-2-29-15-26-22-21(29)23(34)31(24(35)30(22)13-16-8-4-3-5-9-16)14-20(33)28-27-19(32)12-17-10-6-7-11-18(17)25/h3-11,15H,2,12-14H2,1H3,(H,27,32)(H,28,33). The van der Waals surface area contributed by atoms with Gasteiger partial charge in [-0.2, -0.15) is 0 Å². The van der Waals surface area contributed by atoms with Crippen molar-refractivity contribution in [2.24, 2.45) is 0 Å². The van der Waals surface area contributed by atoms with E-state index >= 15 is 0 Å². The van der Waals surface area contributed by atoms with Crippen LogP contribution in [0, 0.1) is 5.82 Å². The lowest BCUT2D eigenvalue weighted by Crippen LogP contribution is -2.48. The van der Waals surface area contributed by atoms with E-state index in [1.165, 1.54) is 29.1 Å². The van der Waals surface area contributed by atoms with Crippen LogP contribution >= 0.6 is 0 Å². The molecule has 180 valence electrons. The molecule has 2 aromatic heterocycles. The van der Waals surface area contributed by atoms with Crippen LogP contribution in [0.2, 0.25) is 0 Å². The normalized spacial score (nSPS) is 10.9. The third-order valence-corrected chi connectivity index (χ3v) is 5.46. The summed E-state index contributed by atoms with van der Waals surface area (Å²) in [5.74, 6) is -1.99. The highest BCUT2D eigenvalue weighted by Crippen LogP contribution is 2.10. The first kappa shape index (κ1) is 23.6. The molecule has 35 heavy (non-hydrogen) atoms. The molecule has 11 heteroatoms. The number of fused-ring (bicyclic) bond motifs is 1. The predicted molar refractivity (Wildman–Crippen MR) is 126 cm³/mol. The van der Waals surface area contributed by atoms with E-state index in [-0.39, 0.29) is 29.7 Å². The minimum absolute atomic E-state index is 0.151. The Morgan fingerprint density at radius 2 is 1.63 bits per heavy atom. The van der Waals surface area contributed by atoms with Crippen molar-refractivity contribution in [1.29, 1.82) is 0 Å². The quantitative estimate of drug-likeness (QED) is 0.384. The van der Waals surface area contributed by atoms with Crippen molar-refractivity contribution in [1.82, 2.24) is 29.5 Å². The third kappa shape index (κ3) is 5.03. The van der Waals surface area contributed by atoms with Gasteiger partial charge in [0.15, 0.2) is 11.2 Å². The molecular weight excluding hydrogens is 455 g/mol. The maximum Gasteiger partial charge on any atom is 0.333 e. The van der Waals surface area contributed by atoms with Crippen LogP contribution in [0.25, 0.3) is 11.2 Å². The summed E-state index contributed by atoms with van der Waals surface area (Å²) in [6.07, 6.45) is 1.18. The van der Waals surface area contributed by atoms with Crippen LogP contribution in [-0.4, -0.2) is 30.5 Å². The second kappa shape index (κ2) is 10.2. The molecule has 0 aliphatic rings. The van der Waals surface area contributed by atoms with Gasteiger partial charge in [-0.3, -0.25) is 29.8 Å². The Morgan fingerprint density at radius 1 is 0.943 bits per heavy atom. The molecular formula is C24H23FN6O4. The Kier molecular flexibility index (Phi) is 6.86. The smallest absolute Gasteiger partial charge is 0.325 e. The van der Waals surface area contributed by atoms with Crippen LogP contribution < -0.4 is 22.1 Å². The number of aromatic nitrogens is 4. The number of imidazole rings is 1. The molecule has 0 spiro atoms. The van der Waals surface area contributed by atoms with Crippen molar-refractivity contribution in [3.8, 4) is 0 Å². The molecule has 4 rings (SSSR count). The first-order chi connectivity index (χ1) is 16.9. The van der Waals surface area contributed by atoms with Crippen LogP contribution in [0.5, 0.6) is 0 Å². The molecule has 0 bridgehead atoms. The van der Waals surface area contributed by atoms with E-state index in [0.29, 0.717) is 6.54 Å². The fraction of sp³-hybridized carbons (Fsp3) is 0.208. The van der Waals surface area contributed by atoms with Crippen LogP contribution in [-0.2, 0) is 35.6 Å². The molecule has 10 nitrogen and oxygen atoms in total. The number of carbonyl (C=O) groups excluding carboxylic acids is 2. The zero-order valence-electron chi connectivity index (χ0n) is 18.9.